The van der Waals surface area contributed by atoms with Gasteiger partial charge < -0.3 is 14.6 Å². The van der Waals surface area contributed by atoms with Crippen LogP contribution in [-0.4, -0.2) is 42.2 Å². The number of nitrogens with one attached hydrogen (secondary N) is 1. The first-order chi connectivity index (χ1) is 10.4. The zero-order valence-electron chi connectivity index (χ0n) is 12.3. The molecule has 1 aromatic rings. The predicted octanol–water partition coefficient (Wildman–Crippen LogP) is 0.685. The van der Waals surface area contributed by atoms with Crippen LogP contribution in [0.2, 0.25) is 0 Å². The second-order valence-corrected chi connectivity index (χ2v) is 5.04. The first-order valence-electron chi connectivity index (χ1n) is 6.77. The summed E-state index contributed by atoms with van der Waals surface area (Å²) in [5.41, 5.74) is -1.30. The van der Waals surface area contributed by atoms with Gasteiger partial charge in [0.1, 0.15) is 5.75 Å². The summed E-state index contributed by atoms with van der Waals surface area (Å²) in [6, 6.07) is 6.79. The van der Waals surface area contributed by atoms with Crippen LogP contribution in [0.4, 0.5) is 0 Å². The second-order valence-electron chi connectivity index (χ2n) is 5.04. The van der Waals surface area contributed by atoms with Crippen LogP contribution in [0.1, 0.15) is 24.8 Å². The van der Waals surface area contributed by atoms with Crippen molar-refractivity contribution in [3.05, 3.63) is 29.8 Å². The van der Waals surface area contributed by atoms with Gasteiger partial charge in [0.05, 0.1) is 7.11 Å². The van der Waals surface area contributed by atoms with E-state index in [2.05, 4.69) is 10.1 Å². The van der Waals surface area contributed by atoms with E-state index < -0.39 is 29.4 Å². The van der Waals surface area contributed by atoms with Gasteiger partial charge in [0, 0.05) is 12.8 Å². The summed E-state index contributed by atoms with van der Waals surface area (Å²) >= 11 is 0. The molecule has 1 aliphatic rings. The molecular formula is C15H17NO6. The van der Waals surface area contributed by atoms with Gasteiger partial charge in [-0.25, -0.2) is 9.59 Å². The number of esters is 2. The molecule has 1 aromatic carbocycles. The third-order valence-electron chi connectivity index (χ3n) is 3.77. The Hall–Kier alpha value is -2.41. The van der Waals surface area contributed by atoms with Crippen LogP contribution in [0, 0.1) is 0 Å². The van der Waals surface area contributed by atoms with E-state index in [1.165, 1.54) is 7.11 Å². The summed E-state index contributed by atoms with van der Waals surface area (Å²) in [5, 5.41) is 12.3. The molecule has 22 heavy (non-hydrogen) atoms. The minimum atomic E-state index is -1.96. The number of rotatable bonds is 4. The van der Waals surface area contributed by atoms with Gasteiger partial charge >= 0.3 is 17.9 Å². The first-order valence-corrected chi connectivity index (χ1v) is 6.77. The summed E-state index contributed by atoms with van der Waals surface area (Å²) in [5.74, 6) is -3.31. The van der Waals surface area contributed by atoms with Crippen molar-refractivity contribution in [3.8, 4) is 5.75 Å². The van der Waals surface area contributed by atoms with Gasteiger partial charge in [-0.05, 0) is 30.7 Å². The van der Waals surface area contributed by atoms with Gasteiger partial charge in [0.25, 0.3) is 0 Å². The average Bonchev–Trinajstić information content (AvgIpc) is 2.92. The van der Waals surface area contributed by atoms with Crippen LogP contribution in [0.3, 0.4) is 0 Å². The molecule has 0 aromatic heterocycles. The molecule has 1 saturated heterocycles. The quantitative estimate of drug-likeness (QED) is 0.623. The fourth-order valence-electron chi connectivity index (χ4n) is 2.74. The van der Waals surface area contributed by atoms with Crippen LogP contribution < -0.4 is 10.1 Å². The largest absolute Gasteiger partial charge is 0.497 e. The van der Waals surface area contributed by atoms with Crippen molar-refractivity contribution in [2.45, 2.75) is 24.8 Å². The monoisotopic (exact) mass is 307 g/mol. The Balaban J connectivity index is 2.41. The molecule has 0 bridgehead atoms. The highest BCUT2D eigenvalue weighted by Crippen LogP contribution is 2.38. The van der Waals surface area contributed by atoms with Gasteiger partial charge in [-0.2, -0.15) is 0 Å². The topological polar surface area (TPSA) is 102 Å². The fourth-order valence-corrected chi connectivity index (χ4v) is 2.74. The van der Waals surface area contributed by atoms with Crippen molar-refractivity contribution in [1.82, 2.24) is 5.32 Å². The molecule has 0 saturated carbocycles. The van der Waals surface area contributed by atoms with E-state index in [9.17, 15) is 19.5 Å². The normalized spacial score (nSPS) is 23.8. The maximum Gasteiger partial charge on any atom is 0.346 e. The van der Waals surface area contributed by atoms with Gasteiger partial charge in [0.15, 0.2) is 0 Å². The number of carboxylic acids is 1. The van der Waals surface area contributed by atoms with Crippen LogP contribution >= 0.6 is 0 Å². The molecule has 7 nitrogen and oxygen atoms in total. The lowest BCUT2D eigenvalue weighted by Crippen LogP contribution is -2.58. The number of ether oxygens (including phenoxy) is 2. The van der Waals surface area contributed by atoms with Crippen LogP contribution in [0.25, 0.3) is 0 Å². The van der Waals surface area contributed by atoms with Crippen molar-refractivity contribution in [3.63, 3.8) is 0 Å². The Kier molecular flexibility index (Phi) is 4.46. The van der Waals surface area contributed by atoms with Crippen molar-refractivity contribution in [2.75, 3.05) is 13.7 Å². The van der Waals surface area contributed by atoms with E-state index in [-0.39, 0.29) is 0 Å². The molecule has 0 amide bonds. The SMILES string of the molecule is COc1ccc(C2CCNC2(C(=O)O)C(=O)OC(C)=O)cc1. The smallest absolute Gasteiger partial charge is 0.346 e. The molecule has 1 fully saturated rings. The lowest BCUT2D eigenvalue weighted by atomic mass is 9.80. The lowest BCUT2D eigenvalue weighted by Gasteiger charge is -2.28. The number of aliphatic carboxylic acids is 1. The number of hydrogen-bond donors (Lipinski definition) is 2. The first kappa shape index (κ1) is 16.0. The maximum atomic E-state index is 12.2. The zero-order chi connectivity index (χ0) is 16.3. The van der Waals surface area contributed by atoms with Gasteiger partial charge in [-0.15, -0.1) is 0 Å². The molecule has 0 radical (unpaired) electrons. The van der Waals surface area contributed by atoms with E-state index in [4.69, 9.17) is 4.74 Å². The van der Waals surface area contributed by atoms with Crippen LogP contribution in [-0.2, 0) is 19.1 Å². The van der Waals surface area contributed by atoms with Crippen molar-refractivity contribution >= 4 is 17.9 Å². The number of carbonyl (C=O) groups excluding carboxylic acids is 2. The Morgan fingerprint density at radius 2 is 1.91 bits per heavy atom. The predicted molar refractivity (Wildman–Crippen MR) is 75.5 cm³/mol. The van der Waals surface area contributed by atoms with Gasteiger partial charge in [-0.3, -0.25) is 10.1 Å². The Labute approximate surface area is 127 Å². The highest BCUT2D eigenvalue weighted by atomic mass is 16.6. The Bertz CT molecular complexity index is 597. The van der Waals surface area contributed by atoms with Crippen molar-refractivity contribution in [1.29, 1.82) is 0 Å². The average molecular weight is 307 g/mol. The van der Waals surface area contributed by atoms with Crippen LogP contribution in [0.15, 0.2) is 24.3 Å². The summed E-state index contributed by atoms with van der Waals surface area (Å²) in [6.07, 6.45) is 0.436. The van der Waals surface area contributed by atoms with Gasteiger partial charge in [-0.1, -0.05) is 12.1 Å². The number of methoxy groups -OCH3 is 1. The highest BCUT2D eigenvalue weighted by molar-refractivity contribution is 6.08. The standard InChI is InChI=1S/C15H17NO6/c1-9(17)22-14(20)15(13(18)19)12(7-8-16-15)10-3-5-11(21-2)6-4-10/h3-6,12,16H,7-8H2,1-2H3,(H,18,19). The van der Waals surface area contributed by atoms with E-state index in [1.54, 1.807) is 24.3 Å². The fraction of sp³-hybridized carbons (Fsp3) is 0.400. The summed E-state index contributed by atoms with van der Waals surface area (Å²) in [7, 11) is 1.53. The molecular weight excluding hydrogens is 290 g/mol. The molecule has 2 rings (SSSR count). The van der Waals surface area contributed by atoms with E-state index >= 15 is 0 Å². The second kappa shape index (κ2) is 6.15. The summed E-state index contributed by atoms with van der Waals surface area (Å²) in [4.78, 5) is 35.0. The number of carbonyl (C=O) groups is 3. The molecule has 2 atom stereocenters. The van der Waals surface area contributed by atoms with E-state index in [1.807, 2.05) is 0 Å². The lowest BCUT2D eigenvalue weighted by molar-refractivity contribution is -0.168. The molecule has 0 aliphatic carbocycles. The number of carboxylic acid groups (broad SMARTS) is 1. The highest BCUT2D eigenvalue weighted by Gasteiger charge is 2.57. The molecule has 1 aliphatic heterocycles. The molecule has 118 valence electrons. The molecule has 2 unspecified atom stereocenters. The maximum absolute atomic E-state index is 12.2. The number of hydrogen-bond acceptors (Lipinski definition) is 6. The van der Waals surface area contributed by atoms with Crippen molar-refractivity contribution < 1.29 is 29.0 Å². The molecule has 1 heterocycles. The molecule has 2 N–H and O–H groups in total. The Morgan fingerprint density at radius 1 is 1.27 bits per heavy atom. The minimum absolute atomic E-state index is 0.329. The molecule has 0 spiro atoms. The van der Waals surface area contributed by atoms with E-state index in [0.717, 1.165) is 6.92 Å². The third kappa shape index (κ3) is 2.67. The Morgan fingerprint density at radius 3 is 2.41 bits per heavy atom. The summed E-state index contributed by atoms with van der Waals surface area (Å²) in [6.45, 7) is 1.39. The zero-order valence-corrected chi connectivity index (χ0v) is 12.3. The molecule has 7 heteroatoms. The van der Waals surface area contributed by atoms with Crippen molar-refractivity contribution in [2.24, 2.45) is 0 Å². The van der Waals surface area contributed by atoms with E-state index in [0.29, 0.717) is 24.3 Å². The number of benzene rings is 1. The van der Waals surface area contributed by atoms with Gasteiger partial charge in [0.2, 0.25) is 5.54 Å². The van der Waals surface area contributed by atoms with Crippen LogP contribution in [0.5, 0.6) is 5.75 Å². The third-order valence-corrected chi connectivity index (χ3v) is 3.77. The summed E-state index contributed by atoms with van der Waals surface area (Å²) < 4.78 is 9.61. The minimum Gasteiger partial charge on any atom is -0.497 e.